The Hall–Kier alpha value is -1.30. The van der Waals surface area contributed by atoms with Crippen LogP contribution < -0.4 is 0 Å². The zero-order valence-corrected chi connectivity index (χ0v) is 14.3. The number of hydrogen-bond donors (Lipinski definition) is 0. The predicted molar refractivity (Wildman–Crippen MR) is 85.4 cm³/mol. The normalized spacial score (nSPS) is 14.9. The molecule has 22 heavy (non-hydrogen) atoms. The van der Waals surface area contributed by atoms with Crippen molar-refractivity contribution in [1.29, 1.82) is 0 Å². The predicted octanol–water partition coefficient (Wildman–Crippen LogP) is 2.88. The van der Waals surface area contributed by atoms with Crippen molar-refractivity contribution in [2.45, 2.75) is 44.9 Å². The second kappa shape index (κ2) is 9.66. The zero-order chi connectivity index (χ0) is 16.5. The summed E-state index contributed by atoms with van der Waals surface area (Å²) in [6.45, 7) is 0. The Labute approximate surface area is 135 Å². The molecule has 0 saturated heterocycles. The summed E-state index contributed by atoms with van der Waals surface area (Å²) >= 11 is 1.65. The van der Waals surface area contributed by atoms with Gasteiger partial charge in [0.05, 0.1) is 14.2 Å². The van der Waals surface area contributed by atoms with E-state index in [9.17, 15) is 14.4 Å². The number of esters is 2. The van der Waals surface area contributed by atoms with Crippen LogP contribution in [0.15, 0.2) is 10.5 Å². The van der Waals surface area contributed by atoms with Crippen molar-refractivity contribution < 1.29 is 23.9 Å². The Morgan fingerprint density at radius 2 is 1.68 bits per heavy atom. The Balaban J connectivity index is 2.57. The van der Waals surface area contributed by atoms with E-state index in [0.29, 0.717) is 12.8 Å². The lowest BCUT2D eigenvalue weighted by Gasteiger charge is -2.18. The molecule has 0 aromatic carbocycles. The fraction of sp³-hybridized carbons (Fsp3) is 0.688. The number of methoxy groups -OCH3 is 2. The average Bonchev–Trinajstić information content (AvgIpc) is 2.57. The highest BCUT2D eigenvalue weighted by Gasteiger charge is 2.28. The van der Waals surface area contributed by atoms with Gasteiger partial charge in [0.2, 0.25) is 0 Å². The van der Waals surface area contributed by atoms with E-state index in [1.165, 1.54) is 19.1 Å². The number of carbonyl (C=O) groups excluding carboxylic acids is 3. The van der Waals surface area contributed by atoms with Gasteiger partial charge in [0.15, 0.2) is 11.7 Å². The summed E-state index contributed by atoms with van der Waals surface area (Å²) < 4.78 is 9.21. The van der Waals surface area contributed by atoms with E-state index in [2.05, 4.69) is 9.47 Å². The molecule has 1 rings (SSSR count). The van der Waals surface area contributed by atoms with Gasteiger partial charge in [0.25, 0.3) is 0 Å². The molecule has 0 spiro atoms. The minimum absolute atomic E-state index is 0.137. The third-order valence-corrected chi connectivity index (χ3v) is 4.81. The molecule has 0 fully saturated rings. The first-order chi connectivity index (χ1) is 10.5. The molecule has 0 aliphatic heterocycles. The van der Waals surface area contributed by atoms with Crippen LogP contribution in [0, 0.1) is 5.92 Å². The second-order valence-electron chi connectivity index (χ2n) is 5.23. The summed E-state index contributed by atoms with van der Waals surface area (Å²) in [5, 5.41) is 0. The van der Waals surface area contributed by atoms with Gasteiger partial charge in [0, 0.05) is 12.0 Å². The Bertz CT molecular complexity index is 439. The fourth-order valence-corrected chi connectivity index (χ4v) is 3.44. The lowest BCUT2D eigenvalue weighted by Crippen LogP contribution is -2.26. The third kappa shape index (κ3) is 5.16. The zero-order valence-electron chi connectivity index (χ0n) is 13.5. The summed E-state index contributed by atoms with van der Waals surface area (Å²) in [4.78, 5) is 36.6. The maximum Gasteiger partial charge on any atom is 0.320 e. The number of Topliss-reactive ketones (excluding diaryl/α,β-unsaturated/α-hetero) is 1. The van der Waals surface area contributed by atoms with E-state index < -0.39 is 17.9 Å². The number of rotatable bonds is 8. The lowest BCUT2D eigenvalue weighted by molar-refractivity contribution is -0.159. The number of ether oxygens (including phenoxy) is 2. The van der Waals surface area contributed by atoms with Crippen LogP contribution in [0.1, 0.15) is 44.9 Å². The maximum absolute atomic E-state index is 12.3. The maximum atomic E-state index is 12.3. The lowest BCUT2D eigenvalue weighted by atomic mass is 9.92. The summed E-state index contributed by atoms with van der Waals surface area (Å²) in [7, 11) is 2.47. The monoisotopic (exact) mass is 328 g/mol. The largest absolute Gasteiger partial charge is 0.468 e. The number of hydrogen-bond acceptors (Lipinski definition) is 6. The summed E-state index contributed by atoms with van der Waals surface area (Å²) in [5.74, 6) is -2.03. The summed E-state index contributed by atoms with van der Waals surface area (Å²) in [5.41, 5.74) is 0.937. The van der Waals surface area contributed by atoms with Crippen LogP contribution in [0.4, 0.5) is 0 Å². The van der Waals surface area contributed by atoms with E-state index >= 15 is 0 Å². The van der Waals surface area contributed by atoms with Crippen LogP contribution in [0.3, 0.4) is 0 Å². The van der Waals surface area contributed by atoms with Gasteiger partial charge in [-0.1, -0.05) is 0 Å². The van der Waals surface area contributed by atoms with Crippen LogP contribution in [0.25, 0.3) is 0 Å². The average molecular weight is 328 g/mol. The molecular formula is C16H24O5S. The van der Waals surface area contributed by atoms with Gasteiger partial charge in [-0.05, 0) is 49.7 Å². The van der Waals surface area contributed by atoms with Crippen molar-refractivity contribution in [3.8, 4) is 0 Å². The molecule has 124 valence electrons. The smallest absolute Gasteiger partial charge is 0.320 e. The van der Waals surface area contributed by atoms with Gasteiger partial charge in [-0.2, -0.15) is 0 Å². The number of carbonyl (C=O) groups is 3. The van der Waals surface area contributed by atoms with E-state index in [4.69, 9.17) is 0 Å². The van der Waals surface area contributed by atoms with Crippen molar-refractivity contribution in [2.24, 2.45) is 5.92 Å². The number of thioether (sulfide) groups is 1. The van der Waals surface area contributed by atoms with Crippen molar-refractivity contribution in [1.82, 2.24) is 0 Å². The van der Waals surface area contributed by atoms with Gasteiger partial charge in [-0.3, -0.25) is 14.4 Å². The first kappa shape index (κ1) is 18.7. The van der Waals surface area contributed by atoms with E-state index in [-0.39, 0.29) is 12.2 Å². The fourth-order valence-electron chi connectivity index (χ4n) is 2.63. The molecule has 0 saturated carbocycles. The van der Waals surface area contributed by atoms with Gasteiger partial charge >= 0.3 is 11.9 Å². The van der Waals surface area contributed by atoms with Crippen molar-refractivity contribution in [3.63, 3.8) is 0 Å². The van der Waals surface area contributed by atoms with Gasteiger partial charge in [-0.15, -0.1) is 11.8 Å². The van der Waals surface area contributed by atoms with Crippen LogP contribution in [-0.4, -0.2) is 38.2 Å². The molecule has 0 aromatic heterocycles. The molecule has 0 unspecified atom stereocenters. The van der Waals surface area contributed by atoms with E-state index in [0.717, 1.165) is 31.3 Å². The van der Waals surface area contributed by atoms with Gasteiger partial charge in [-0.25, -0.2) is 0 Å². The standard InChI is InChI=1S/C16H24O5S/c1-20-15(18)12(16(19)21-2)8-6-9-13(17)11-7-4-5-10-14(11)22-3/h12H,4-10H2,1-3H3. The highest BCUT2D eigenvalue weighted by Crippen LogP contribution is 2.32. The number of ketones is 1. The molecule has 0 N–H and O–H groups in total. The van der Waals surface area contributed by atoms with Crippen molar-refractivity contribution in [2.75, 3.05) is 20.5 Å². The molecule has 1 aliphatic rings. The topological polar surface area (TPSA) is 69.7 Å². The molecule has 6 heteroatoms. The Kier molecular flexibility index (Phi) is 8.24. The quantitative estimate of drug-likeness (QED) is 0.504. The minimum atomic E-state index is -0.942. The van der Waals surface area contributed by atoms with Crippen molar-refractivity contribution in [3.05, 3.63) is 10.5 Å². The second-order valence-corrected chi connectivity index (χ2v) is 6.13. The highest BCUT2D eigenvalue weighted by atomic mass is 32.2. The molecule has 0 atom stereocenters. The SMILES string of the molecule is COC(=O)C(CCCC(=O)C1=C(SC)CCCC1)C(=O)OC. The molecule has 0 bridgehead atoms. The van der Waals surface area contributed by atoms with Crippen LogP contribution in [0.2, 0.25) is 0 Å². The number of allylic oxidation sites excluding steroid dienone is 2. The van der Waals surface area contributed by atoms with Crippen LogP contribution in [-0.2, 0) is 23.9 Å². The molecule has 0 radical (unpaired) electrons. The summed E-state index contributed by atoms with van der Waals surface area (Å²) in [6.07, 6.45) is 7.10. The Morgan fingerprint density at radius 3 is 2.23 bits per heavy atom. The molecule has 0 aromatic rings. The van der Waals surface area contributed by atoms with Gasteiger partial charge < -0.3 is 9.47 Å². The molecule has 0 heterocycles. The van der Waals surface area contributed by atoms with E-state index in [1.54, 1.807) is 11.8 Å². The molecule has 1 aliphatic carbocycles. The van der Waals surface area contributed by atoms with Crippen LogP contribution >= 0.6 is 11.8 Å². The first-order valence-electron chi connectivity index (χ1n) is 7.50. The minimum Gasteiger partial charge on any atom is -0.468 e. The third-order valence-electron chi connectivity index (χ3n) is 3.87. The molecule has 5 nitrogen and oxygen atoms in total. The summed E-state index contributed by atoms with van der Waals surface area (Å²) in [6, 6.07) is 0. The molecule has 0 amide bonds. The Morgan fingerprint density at radius 1 is 1.09 bits per heavy atom. The van der Waals surface area contributed by atoms with E-state index in [1.807, 2.05) is 6.26 Å². The first-order valence-corrected chi connectivity index (χ1v) is 8.72. The van der Waals surface area contributed by atoms with Crippen LogP contribution in [0.5, 0.6) is 0 Å². The van der Waals surface area contributed by atoms with Crippen molar-refractivity contribution >= 4 is 29.5 Å². The van der Waals surface area contributed by atoms with Gasteiger partial charge in [0.1, 0.15) is 0 Å². The highest BCUT2D eigenvalue weighted by molar-refractivity contribution is 8.02. The molecular weight excluding hydrogens is 304 g/mol.